The number of hydrogen-bond donors (Lipinski definition) is 4. The Hall–Kier alpha value is -7.02. The maximum absolute atomic E-state index is 17.8. The normalized spacial score (nSPS) is 26.3. The largest absolute Gasteiger partial charge is 0.360 e. The molecule has 13 rings (SSSR count). The average molecular weight is 1310 g/mol. The second-order valence-corrected chi connectivity index (χ2v) is 32.5. The predicted molar refractivity (Wildman–Crippen MR) is 347 cm³/mol. The van der Waals surface area contributed by atoms with Crippen molar-refractivity contribution in [1.29, 1.82) is 0 Å². The number of nitrogens with one attached hydrogen (secondary N) is 3. The van der Waals surface area contributed by atoms with Crippen LogP contribution in [0, 0.1) is 17.8 Å². The molecule has 464 valence electrons. The molecular weight excluding hydrogens is 1250 g/mol. The number of aromatic nitrogens is 8. The minimum atomic E-state index is -4.42. The quantitative estimate of drug-likeness (QED) is 0.0297. The molecule has 5 aromatic carbocycles. The third kappa shape index (κ3) is 12.3. The molecule has 0 bridgehead atoms. The standard InChI is InChI=1S/C64H63FN10O10P2S3/c1-39(2)42-29-30-63(3)50(32-42)84-87(89,90-63)82-35-49-54(51(65)61(83-49)75-38-68-52-55(66-36-67-56(52)75)70-58(76)40-19-9-4-10-20-40)85-86(79,88)81-33-43-31-48(74-37-69-53-57(74)71-62(73-60(53)78)72-59(77)41-21-11-5-12-22-41)47(43)34-80-64(44-23-13-6-14-24-44,45-25-15-7-16-26-45)46-27-17-8-18-28-46/h4-28,36-38,42-43,47-51,54,61H,1,29-35H2,2-3H3,(H,79,88)(H,66,67,70,76)(H2,71,72,73,77,78)/t42-,43-,47-,48-,49-,50+,51-,54-,61?,63+,86?,87?/m1/s1. The van der Waals surface area contributed by atoms with Gasteiger partial charge >= 0.3 is 6.72 Å². The van der Waals surface area contributed by atoms with Gasteiger partial charge in [-0.3, -0.25) is 33.8 Å². The number of ether oxygens (including phenoxy) is 2. The summed E-state index contributed by atoms with van der Waals surface area (Å²) in [5.41, 5.74) is 0.169. The third-order valence-electron chi connectivity index (χ3n) is 17.4. The topological polar surface area (TPSA) is 241 Å². The smallest absolute Gasteiger partial charge is 0.324 e. The van der Waals surface area contributed by atoms with Crippen LogP contribution in [0.3, 0.4) is 0 Å². The van der Waals surface area contributed by atoms with E-state index in [1.165, 1.54) is 34.9 Å². The highest BCUT2D eigenvalue weighted by Crippen LogP contribution is 2.76. The lowest BCUT2D eigenvalue weighted by Gasteiger charge is -2.47. The summed E-state index contributed by atoms with van der Waals surface area (Å²) in [7, 11) is 0. The van der Waals surface area contributed by atoms with Crippen LogP contribution in [0.4, 0.5) is 16.2 Å². The van der Waals surface area contributed by atoms with Crippen LogP contribution in [0.5, 0.6) is 0 Å². The maximum Gasteiger partial charge on any atom is 0.324 e. The first-order valence-electron chi connectivity index (χ1n) is 29.4. The van der Waals surface area contributed by atoms with Gasteiger partial charge in [0.05, 0.1) is 38.6 Å². The Morgan fingerprint density at radius 1 is 0.822 bits per heavy atom. The van der Waals surface area contributed by atoms with Crippen molar-refractivity contribution < 1.29 is 46.4 Å². The molecule has 2 amide bonds. The lowest BCUT2D eigenvalue weighted by atomic mass is 9.69. The Bertz CT molecular complexity index is 4180. The van der Waals surface area contributed by atoms with Crippen molar-refractivity contribution in [1.82, 2.24) is 39.0 Å². The number of alkyl halides is 1. The second-order valence-electron chi connectivity index (χ2n) is 23.1. The van der Waals surface area contributed by atoms with E-state index in [1.807, 2.05) is 97.9 Å². The number of carbonyl (C=O) groups is 2. The Labute approximate surface area is 531 Å². The van der Waals surface area contributed by atoms with Gasteiger partial charge < -0.3 is 37.8 Å². The zero-order valence-corrected chi connectivity index (χ0v) is 53.0. The highest BCUT2D eigenvalue weighted by atomic mass is 32.9. The summed E-state index contributed by atoms with van der Waals surface area (Å²) in [6.07, 6.45) is 0.405. The zero-order chi connectivity index (χ0) is 62.4. The molecule has 4 N–H and O–H groups in total. The first-order chi connectivity index (χ1) is 43.5. The molecule has 2 saturated heterocycles. The number of nitrogens with zero attached hydrogens (tertiary/aromatic N) is 7. The first-order valence-corrected chi connectivity index (χ1v) is 36.1. The van der Waals surface area contributed by atoms with E-state index in [4.69, 9.17) is 56.2 Å². The highest BCUT2D eigenvalue weighted by Gasteiger charge is 2.56. The number of imidazole rings is 2. The van der Waals surface area contributed by atoms with E-state index in [0.29, 0.717) is 17.5 Å². The summed E-state index contributed by atoms with van der Waals surface area (Å²) >= 11 is 13.5. The van der Waals surface area contributed by atoms with Gasteiger partial charge in [0, 0.05) is 27.8 Å². The second kappa shape index (κ2) is 25.6. The van der Waals surface area contributed by atoms with Gasteiger partial charge in [-0.2, -0.15) is 4.98 Å². The number of halogens is 1. The number of carbonyl (C=O) groups excluding carboxylic acids is 2. The molecular formula is C64H63FN10O10P2S3. The van der Waals surface area contributed by atoms with Crippen LogP contribution in [0.25, 0.3) is 22.3 Å². The SMILES string of the molecule is C=C(C)[C@@H]1CC[C@]2(C)SP(=S)(OC[C@H]3OC(n4cnc5c(NC(=O)c6ccccc6)ncnc54)[C@H](F)[C@@H]3OP(O)(=S)OC[C@H]3C[C@@H](n4cnc5c(=O)[nH]c(NC(=O)c6ccccc6)nc54)[C@@H]3COC(c3ccccc3)(c3ccccc3)c3ccccc3)O[C@H]2C1. The van der Waals surface area contributed by atoms with Gasteiger partial charge in [0.1, 0.15) is 24.1 Å². The number of H-pyrrole nitrogens is 1. The van der Waals surface area contributed by atoms with Gasteiger partial charge in [0.2, 0.25) is 11.6 Å². The van der Waals surface area contributed by atoms with Crippen molar-refractivity contribution in [2.75, 3.05) is 30.5 Å². The molecule has 4 aromatic heterocycles. The molecule has 0 spiro atoms. The highest BCUT2D eigenvalue weighted by molar-refractivity contribution is 8.68. The Balaban J connectivity index is 0.801. The van der Waals surface area contributed by atoms with Crippen molar-refractivity contribution in [3.63, 3.8) is 0 Å². The van der Waals surface area contributed by atoms with Crippen molar-refractivity contribution >= 4 is 93.3 Å². The van der Waals surface area contributed by atoms with Crippen LogP contribution < -0.4 is 16.2 Å². The molecule has 2 aliphatic carbocycles. The van der Waals surface area contributed by atoms with E-state index in [1.54, 1.807) is 65.2 Å². The van der Waals surface area contributed by atoms with E-state index in [9.17, 15) is 19.3 Å². The van der Waals surface area contributed by atoms with Gasteiger partial charge in [-0.25, -0.2) is 24.3 Å². The summed E-state index contributed by atoms with van der Waals surface area (Å²) in [6, 6.07) is 46.4. The molecule has 9 aromatic rings. The van der Waals surface area contributed by atoms with Gasteiger partial charge in [0.25, 0.3) is 17.4 Å². The number of aromatic amines is 1. The van der Waals surface area contributed by atoms with Crippen molar-refractivity contribution in [2.24, 2.45) is 17.8 Å². The van der Waals surface area contributed by atoms with E-state index >= 15 is 4.39 Å². The summed E-state index contributed by atoms with van der Waals surface area (Å²) in [5, 5.41) is 5.51. The van der Waals surface area contributed by atoms with Gasteiger partial charge in [0.15, 0.2) is 40.5 Å². The Kier molecular flexibility index (Phi) is 17.6. The van der Waals surface area contributed by atoms with Crippen molar-refractivity contribution in [2.45, 2.75) is 86.6 Å². The number of allylic oxidation sites excluding steroid dienone is 1. The summed E-state index contributed by atoms with van der Waals surface area (Å²) in [6.45, 7) is 3.52. The van der Waals surface area contributed by atoms with E-state index in [0.717, 1.165) is 41.5 Å². The molecule has 0 radical (unpaired) electrons. The Morgan fingerprint density at radius 2 is 1.41 bits per heavy atom. The van der Waals surface area contributed by atoms with Crippen LogP contribution in [0.1, 0.15) is 89.2 Å². The molecule has 12 atom stereocenters. The monoisotopic (exact) mass is 1310 g/mol. The fourth-order valence-electron chi connectivity index (χ4n) is 12.6. The van der Waals surface area contributed by atoms with Crippen molar-refractivity contribution in [3.05, 3.63) is 221 Å². The molecule has 90 heavy (non-hydrogen) atoms. The number of amides is 2. The van der Waals surface area contributed by atoms with Crippen LogP contribution in [-0.4, -0.2) is 105 Å². The van der Waals surface area contributed by atoms with Crippen LogP contribution >= 0.6 is 23.8 Å². The van der Waals surface area contributed by atoms with Crippen LogP contribution in [0.15, 0.2) is 188 Å². The number of benzene rings is 5. The minimum absolute atomic E-state index is 0.0486. The molecule has 4 aliphatic rings. The molecule has 26 heteroatoms. The van der Waals surface area contributed by atoms with Crippen molar-refractivity contribution in [3.8, 4) is 0 Å². The number of rotatable bonds is 21. The van der Waals surface area contributed by atoms with E-state index in [2.05, 4.69) is 49.1 Å². The third-order valence-corrected chi connectivity index (χ3v) is 24.8. The Morgan fingerprint density at radius 3 is 2.03 bits per heavy atom. The molecule has 6 heterocycles. The van der Waals surface area contributed by atoms with Gasteiger partial charge in [-0.15, -0.1) is 0 Å². The number of anilines is 2. The minimum Gasteiger partial charge on any atom is -0.360 e. The van der Waals surface area contributed by atoms with E-state index < -0.39 is 77.9 Å². The molecule has 20 nitrogen and oxygen atoms in total. The number of hydrogen-bond acceptors (Lipinski definition) is 17. The fourth-order valence-corrected chi connectivity index (χ4v) is 21.2. The zero-order valence-electron chi connectivity index (χ0n) is 48.8. The lowest BCUT2D eigenvalue weighted by Crippen LogP contribution is -2.46. The van der Waals surface area contributed by atoms with Crippen LogP contribution in [0.2, 0.25) is 0 Å². The van der Waals surface area contributed by atoms with Gasteiger partial charge in [-0.1, -0.05) is 151 Å². The van der Waals surface area contributed by atoms with Gasteiger partial charge in [-0.05, 0) is 116 Å². The average Bonchev–Trinajstić information content (AvgIpc) is 1.13. The summed E-state index contributed by atoms with van der Waals surface area (Å²) in [4.78, 5) is 77.8. The first kappa shape index (κ1) is 61.8. The summed E-state index contributed by atoms with van der Waals surface area (Å²) < 4.78 is 60.5. The maximum atomic E-state index is 17.8. The van der Waals surface area contributed by atoms with E-state index in [-0.39, 0.29) is 70.7 Å². The number of fused-ring (bicyclic) bond motifs is 3. The molecule has 4 fully saturated rings. The van der Waals surface area contributed by atoms with Crippen LogP contribution in [-0.2, 0) is 56.8 Å². The molecule has 2 aliphatic heterocycles. The lowest BCUT2D eigenvalue weighted by molar-refractivity contribution is -0.0762. The predicted octanol–water partition coefficient (Wildman–Crippen LogP) is 12.0. The molecule has 2 saturated carbocycles. The molecule has 3 unspecified atom stereocenters. The summed E-state index contributed by atoms with van der Waals surface area (Å²) in [5.74, 6) is -1.52. The fraction of sp³-hybridized carbons (Fsp3) is 0.312.